The van der Waals surface area contributed by atoms with Crippen LogP contribution >= 0.6 is 0 Å². The third-order valence-electron chi connectivity index (χ3n) is 4.30. The molecular weight excluding hydrogens is 354 g/mol. The second-order valence-electron chi connectivity index (χ2n) is 6.28. The molecule has 3 aromatic carbocycles. The first kappa shape index (κ1) is 19.4. The molecule has 0 radical (unpaired) electrons. The van der Waals surface area contributed by atoms with Crippen LogP contribution in [0.1, 0.15) is 18.9 Å². The first-order valence-electron chi connectivity index (χ1n) is 9.31. The van der Waals surface area contributed by atoms with Crippen molar-refractivity contribution in [2.24, 2.45) is 0 Å². The third kappa shape index (κ3) is 5.10. The number of para-hydroxylation sites is 1. The maximum absolute atomic E-state index is 12.2. The molecule has 0 unspecified atom stereocenters. The minimum Gasteiger partial charge on any atom is -0.494 e. The van der Waals surface area contributed by atoms with Gasteiger partial charge in [-0.05, 0) is 36.4 Å². The van der Waals surface area contributed by atoms with E-state index in [1.54, 1.807) is 0 Å². The maximum Gasteiger partial charge on any atom is 0.306 e. The molecule has 1 N–H and O–H groups in total. The Morgan fingerprint density at radius 3 is 2.54 bits per heavy atom. The molecule has 5 heteroatoms. The van der Waals surface area contributed by atoms with Crippen LogP contribution in [-0.4, -0.2) is 25.1 Å². The highest BCUT2D eigenvalue weighted by atomic mass is 16.5. The predicted molar refractivity (Wildman–Crippen MR) is 109 cm³/mol. The summed E-state index contributed by atoms with van der Waals surface area (Å²) in [4.78, 5) is 24.2. The number of hydrogen-bond acceptors (Lipinski definition) is 4. The van der Waals surface area contributed by atoms with Gasteiger partial charge in [0.15, 0.2) is 6.61 Å². The van der Waals surface area contributed by atoms with Gasteiger partial charge in [-0.3, -0.25) is 9.59 Å². The summed E-state index contributed by atoms with van der Waals surface area (Å²) < 4.78 is 10.7. The SMILES string of the molecule is CCOc1ccccc1CCC(=O)OCC(=O)Nc1cccc2ccccc12. The zero-order valence-electron chi connectivity index (χ0n) is 15.8. The fraction of sp³-hybridized carbons (Fsp3) is 0.217. The number of anilines is 1. The highest BCUT2D eigenvalue weighted by molar-refractivity contribution is 6.02. The molecule has 144 valence electrons. The second kappa shape index (κ2) is 9.55. The van der Waals surface area contributed by atoms with E-state index in [2.05, 4.69) is 5.32 Å². The van der Waals surface area contributed by atoms with Crippen molar-refractivity contribution in [1.82, 2.24) is 0 Å². The molecule has 28 heavy (non-hydrogen) atoms. The summed E-state index contributed by atoms with van der Waals surface area (Å²) in [5.41, 5.74) is 1.64. The highest BCUT2D eigenvalue weighted by Gasteiger charge is 2.11. The molecule has 0 fully saturated rings. The molecule has 0 aliphatic carbocycles. The summed E-state index contributed by atoms with van der Waals surface area (Å²) in [6.45, 7) is 2.17. The zero-order chi connectivity index (χ0) is 19.8. The Morgan fingerprint density at radius 2 is 1.68 bits per heavy atom. The largest absolute Gasteiger partial charge is 0.494 e. The number of benzene rings is 3. The quantitative estimate of drug-likeness (QED) is 0.593. The van der Waals surface area contributed by atoms with Gasteiger partial charge in [0.05, 0.1) is 6.61 Å². The monoisotopic (exact) mass is 377 g/mol. The van der Waals surface area contributed by atoms with Crippen molar-refractivity contribution in [2.75, 3.05) is 18.5 Å². The molecule has 0 atom stereocenters. The van der Waals surface area contributed by atoms with Gasteiger partial charge in [0.1, 0.15) is 5.75 Å². The number of hydrogen-bond donors (Lipinski definition) is 1. The lowest BCUT2D eigenvalue weighted by atomic mass is 10.1. The van der Waals surface area contributed by atoms with Crippen LogP contribution in [0.25, 0.3) is 10.8 Å². The zero-order valence-corrected chi connectivity index (χ0v) is 15.8. The Balaban J connectivity index is 1.50. The van der Waals surface area contributed by atoms with E-state index in [1.165, 1.54) is 0 Å². The maximum atomic E-state index is 12.2. The van der Waals surface area contributed by atoms with Gasteiger partial charge in [-0.2, -0.15) is 0 Å². The van der Waals surface area contributed by atoms with Gasteiger partial charge in [0, 0.05) is 17.5 Å². The number of esters is 1. The van der Waals surface area contributed by atoms with Crippen LogP contribution in [0.15, 0.2) is 66.7 Å². The molecule has 0 bridgehead atoms. The number of fused-ring (bicyclic) bond motifs is 1. The van der Waals surface area contributed by atoms with Crippen LogP contribution < -0.4 is 10.1 Å². The molecule has 0 aliphatic rings. The average Bonchev–Trinajstić information content (AvgIpc) is 2.72. The molecule has 3 aromatic rings. The van der Waals surface area contributed by atoms with Crippen molar-refractivity contribution < 1.29 is 19.1 Å². The van der Waals surface area contributed by atoms with E-state index in [1.807, 2.05) is 73.7 Å². The van der Waals surface area contributed by atoms with Crippen LogP contribution in [0, 0.1) is 0 Å². The summed E-state index contributed by atoms with van der Waals surface area (Å²) in [7, 11) is 0. The van der Waals surface area contributed by atoms with Crippen LogP contribution in [0.5, 0.6) is 5.75 Å². The number of amides is 1. The van der Waals surface area contributed by atoms with Crippen molar-refractivity contribution in [3.05, 3.63) is 72.3 Å². The Kier molecular flexibility index (Phi) is 6.63. The summed E-state index contributed by atoms with van der Waals surface area (Å²) in [5.74, 6) is -0.00899. The van der Waals surface area contributed by atoms with Crippen LogP contribution in [0.2, 0.25) is 0 Å². The van der Waals surface area contributed by atoms with E-state index in [-0.39, 0.29) is 18.9 Å². The number of rotatable bonds is 8. The standard InChI is InChI=1S/C23H23NO4/c1-2-27-21-13-6-4-9-18(21)14-15-23(26)28-16-22(25)24-20-12-7-10-17-8-3-5-11-19(17)20/h3-13H,2,14-16H2,1H3,(H,24,25). The summed E-state index contributed by atoms with van der Waals surface area (Å²) >= 11 is 0. The van der Waals surface area contributed by atoms with Gasteiger partial charge in [0.25, 0.3) is 5.91 Å². The van der Waals surface area contributed by atoms with Gasteiger partial charge in [-0.1, -0.05) is 54.6 Å². The summed E-state index contributed by atoms with van der Waals surface area (Å²) in [5, 5.41) is 4.78. The van der Waals surface area contributed by atoms with Crippen LogP contribution in [0.4, 0.5) is 5.69 Å². The smallest absolute Gasteiger partial charge is 0.306 e. The Morgan fingerprint density at radius 1 is 0.929 bits per heavy atom. The minimum absolute atomic E-state index is 0.186. The first-order valence-corrected chi connectivity index (χ1v) is 9.31. The summed E-state index contributed by atoms with van der Waals surface area (Å²) in [6.07, 6.45) is 0.686. The molecule has 0 heterocycles. The lowest BCUT2D eigenvalue weighted by Gasteiger charge is -2.10. The first-order chi connectivity index (χ1) is 13.7. The van der Waals surface area contributed by atoms with Crippen molar-refractivity contribution in [3.63, 3.8) is 0 Å². The van der Waals surface area contributed by atoms with E-state index in [4.69, 9.17) is 9.47 Å². The van der Waals surface area contributed by atoms with E-state index in [9.17, 15) is 9.59 Å². The average molecular weight is 377 g/mol. The van der Waals surface area contributed by atoms with Crippen molar-refractivity contribution in [2.45, 2.75) is 19.8 Å². The normalized spacial score (nSPS) is 10.5. The third-order valence-corrected chi connectivity index (χ3v) is 4.30. The molecule has 0 aliphatic heterocycles. The fourth-order valence-electron chi connectivity index (χ4n) is 2.98. The van der Waals surface area contributed by atoms with E-state index >= 15 is 0 Å². The van der Waals surface area contributed by atoms with Crippen LogP contribution in [0.3, 0.4) is 0 Å². The van der Waals surface area contributed by atoms with Crippen molar-refractivity contribution in [1.29, 1.82) is 0 Å². The molecule has 5 nitrogen and oxygen atoms in total. The van der Waals surface area contributed by atoms with Gasteiger partial charge in [0.2, 0.25) is 0 Å². The highest BCUT2D eigenvalue weighted by Crippen LogP contribution is 2.23. The Hall–Kier alpha value is -3.34. The molecule has 1 amide bonds. The Labute approximate surface area is 164 Å². The summed E-state index contributed by atoms with van der Waals surface area (Å²) in [6, 6.07) is 21.0. The molecule has 0 saturated carbocycles. The predicted octanol–water partition coefficient (Wildman–Crippen LogP) is 4.35. The van der Waals surface area contributed by atoms with E-state index < -0.39 is 5.97 Å². The van der Waals surface area contributed by atoms with E-state index in [0.29, 0.717) is 18.7 Å². The van der Waals surface area contributed by atoms with Crippen molar-refractivity contribution >= 4 is 28.3 Å². The fourth-order valence-corrected chi connectivity index (χ4v) is 2.98. The van der Waals surface area contributed by atoms with Gasteiger partial charge in [-0.25, -0.2) is 0 Å². The number of aryl methyl sites for hydroxylation is 1. The lowest BCUT2D eigenvalue weighted by Crippen LogP contribution is -2.21. The van der Waals surface area contributed by atoms with E-state index in [0.717, 1.165) is 22.1 Å². The number of nitrogens with one attached hydrogen (secondary N) is 1. The number of ether oxygens (including phenoxy) is 2. The molecule has 0 aromatic heterocycles. The minimum atomic E-state index is -0.417. The second-order valence-corrected chi connectivity index (χ2v) is 6.28. The molecule has 0 saturated heterocycles. The number of carbonyl (C=O) groups is 2. The lowest BCUT2D eigenvalue weighted by molar-refractivity contribution is -0.147. The van der Waals surface area contributed by atoms with Gasteiger partial charge < -0.3 is 14.8 Å². The van der Waals surface area contributed by atoms with Gasteiger partial charge >= 0.3 is 5.97 Å². The molecule has 3 rings (SSSR count). The van der Waals surface area contributed by atoms with Crippen LogP contribution in [-0.2, 0) is 20.7 Å². The molecular formula is C23H23NO4. The molecule has 0 spiro atoms. The Bertz CT molecular complexity index is 962. The topological polar surface area (TPSA) is 64.6 Å². The van der Waals surface area contributed by atoms with Crippen molar-refractivity contribution in [3.8, 4) is 5.75 Å². The van der Waals surface area contributed by atoms with Gasteiger partial charge in [-0.15, -0.1) is 0 Å². The number of carbonyl (C=O) groups excluding carboxylic acids is 2.